The van der Waals surface area contributed by atoms with Gasteiger partial charge in [-0.15, -0.1) is 0 Å². The van der Waals surface area contributed by atoms with Gasteiger partial charge in [-0.2, -0.15) is 0 Å². The van der Waals surface area contributed by atoms with Gasteiger partial charge in [-0.05, 0) is 13.8 Å². The first kappa shape index (κ1) is 16.6. The van der Waals surface area contributed by atoms with Gasteiger partial charge in [-0.3, -0.25) is 19.7 Å². The number of aliphatic carboxylic acids is 1. The van der Waals surface area contributed by atoms with Gasteiger partial charge >= 0.3 is 5.97 Å². The van der Waals surface area contributed by atoms with E-state index in [9.17, 15) is 19.7 Å². The highest BCUT2D eigenvalue weighted by atomic mass is 16.6. The van der Waals surface area contributed by atoms with Crippen molar-refractivity contribution < 1.29 is 19.6 Å². The first-order valence-corrected chi connectivity index (χ1v) is 6.35. The second-order valence-electron chi connectivity index (χ2n) is 5.50. The summed E-state index contributed by atoms with van der Waals surface area (Å²) in [5.41, 5.74) is -0.824. The minimum atomic E-state index is -1.17. The maximum Gasteiger partial charge on any atom is 0.309 e. The van der Waals surface area contributed by atoms with Gasteiger partial charge in [-0.1, -0.05) is 18.2 Å². The molecule has 0 atom stereocenters. The topological polar surface area (TPSA) is 101 Å². The summed E-state index contributed by atoms with van der Waals surface area (Å²) in [7, 11) is 1.50. The lowest BCUT2D eigenvalue weighted by atomic mass is 9.89. The number of nitro groups is 1. The van der Waals surface area contributed by atoms with Crippen LogP contribution in [0.5, 0.6) is 0 Å². The van der Waals surface area contributed by atoms with Crippen molar-refractivity contribution >= 4 is 17.6 Å². The summed E-state index contributed by atoms with van der Waals surface area (Å²) in [6.07, 6.45) is -0.167. The zero-order chi connectivity index (χ0) is 16.2. The Morgan fingerprint density at radius 1 is 1.33 bits per heavy atom. The van der Waals surface area contributed by atoms with Crippen molar-refractivity contribution in [3.8, 4) is 0 Å². The molecule has 114 valence electrons. The van der Waals surface area contributed by atoms with E-state index in [-0.39, 0.29) is 24.6 Å². The fourth-order valence-corrected chi connectivity index (χ4v) is 1.75. The molecular weight excluding hydrogens is 276 g/mol. The third-order valence-corrected chi connectivity index (χ3v) is 3.19. The van der Waals surface area contributed by atoms with E-state index < -0.39 is 16.3 Å². The predicted octanol–water partition coefficient (Wildman–Crippen LogP) is 2.05. The van der Waals surface area contributed by atoms with Crippen LogP contribution in [0.25, 0.3) is 0 Å². The van der Waals surface area contributed by atoms with Crippen molar-refractivity contribution in [1.29, 1.82) is 0 Å². The largest absolute Gasteiger partial charge is 0.481 e. The molecule has 7 heteroatoms. The third-order valence-electron chi connectivity index (χ3n) is 3.19. The summed E-state index contributed by atoms with van der Waals surface area (Å²) < 4.78 is 0. The van der Waals surface area contributed by atoms with E-state index >= 15 is 0 Å². The van der Waals surface area contributed by atoms with Crippen molar-refractivity contribution in [2.75, 3.05) is 7.05 Å². The second kappa shape index (κ2) is 6.34. The average molecular weight is 294 g/mol. The number of carbonyl (C=O) groups excluding carboxylic acids is 1. The van der Waals surface area contributed by atoms with Crippen LogP contribution < -0.4 is 0 Å². The minimum Gasteiger partial charge on any atom is -0.481 e. The number of carboxylic acid groups (broad SMARTS) is 1. The van der Waals surface area contributed by atoms with E-state index in [0.717, 1.165) is 0 Å². The van der Waals surface area contributed by atoms with E-state index in [4.69, 9.17) is 5.11 Å². The minimum absolute atomic E-state index is 0.0605. The lowest BCUT2D eigenvalue weighted by molar-refractivity contribution is -0.385. The molecule has 7 nitrogen and oxygen atoms in total. The van der Waals surface area contributed by atoms with Gasteiger partial charge in [0.2, 0.25) is 5.91 Å². The number of hydrogen-bond acceptors (Lipinski definition) is 4. The van der Waals surface area contributed by atoms with Gasteiger partial charge < -0.3 is 10.0 Å². The smallest absolute Gasteiger partial charge is 0.309 e. The Hall–Kier alpha value is -2.44. The molecule has 0 fully saturated rings. The van der Waals surface area contributed by atoms with Crippen LogP contribution in [0.15, 0.2) is 24.3 Å². The summed E-state index contributed by atoms with van der Waals surface area (Å²) >= 11 is 0. The molecule has 0 saturated carbocycles. The number of rotatable bonds is 6. The number of carbonyl (C=O) groups is 2. The Kier molecular flexibility index (Phi) is 5.02. The van der Waals surface area contributed by atoms with Gasteiger partial charge in [0.15, 0.2) is 0 Å². The molecule has 0 spiro atoms. The van der Waals surface area contributed by atoms with Crippen LogP contribution in [0.2, 0.25) is 0 Å². The molecule has 1 N–H and O–H groups in total. The quantitative estimate of drug-likeness (QED) is 0.639. The maximum absolute atomic E-state index is 12.0. The number of para-hydroxylation sites is 1. The molecule has 0 bridgehead atoms. The molecule has 1 aromatic carbocycles. The molecule has 0 unspecified atom stereocenters. The Morgan fingerprint density at radius 3 is 2.43 bits per heavy atom. The Bertz CT molecular complexity index is 568. The molecule has 1 rings (SSSR count). The number of hydrogen-bond donors (Lipinski definition) is 1. The highest BCUT2D eigenvalue weighted by Gasteiger charge is 2.31. The Morgan fingerprint density at radius 2 is 1.90 bits per heavy atom. The van der Waals surface area contributed by atoms with Crippen molar-refractivity contribution in [1.82, 2.24) is 4.90 Å². The van der Waals surface area contributed by atoms with E-state index in [1.807, 2.05) is 0 Å². The van der Waals surface area contributed by atoms with Crippen molar-refractivity contribution in [2.45, 2.75) is 26.8 Å². The molecule has 0 radical (unpaired) electrons. The standard InChI is InChI=1S/C14H18N2O5/c1-14(2,13(18)19)8-12(17)15(3)9-10-6-4-5-7-11(10)16(20)21/h4-7H,8-9H2,1-3H3,(H,18,19). The first-order valence-electron chi connectivity index (χ1n) is 6.35. The molecule has 21 heavy (non-hydrogen) atoms. The molecule has 1 amide bonds. The summed E-state index contributed by atoms with van der Waals surface area (Å²) in [5, 5.41) is 19.9. The van der Waals surface area contributed by atoms with Crippen LogP contribution in [0.1, 0.15) is 25.8 Å². The Labute approximate surface area is 122 Å². The second-order valence-corrected chi connectivity index (χ2v) is 5.50. The molecule has 0 aromatic heterocycles. The van der Waals surface area contributed by atoms with Gasteiger partial charge in [0.05, 0.1) is 16.9 Å². The van der Waals surface area contributed by atoms with Crippen LogP contribution in [-0.4, -0.2) is 33.9 Å². The average Bonchev–Trinajstić information content (AvgIpc) is 2.38. The van der Waals surface area contributed by atoms with Crippen LogP contribution >= 0.6 is 0 Å². The van der Waals surface area contributed by atoms with Gasteiger partial charge in [0, 0.05) is 25.1 Å². The summed E-state index contributed by atoms with van der Waals surface area (Å²) in [4.78, 5) is 34.8. The van der Waals surface area contributed by atoms with Gasteiger partial charge in [0.1, 0.15) is 0 Å². The Balaban J connectivity index is 2.82. The zero-order valence-corrected chi connectivity index (χ0v) is 12.2. The number of carboxylic acids is 1. The third kappa shape index (κ3) is 4.27. The summed E-state index contributed by atoms with van der Waals surface area (Å²) in [6.45, 7) is 2.99. The number of amides is 1. The van der Waals surface area contributed by atoms with Crippen molar-refractivity contribution in [3.05, 3.63) is 39.9 Å². The zero-order valence-electron chi connectivity index (χ0n) is 12.2. The highest BCUT2D eigenvalue weighted by molar-refractivity contribution is 5.84. The predicted molar refractivity (Wildman–Crippen MR) is 75.6 cm³/mol. The molecular formula is C14H18N2O5. The molecule has 0 heterocycles. The SMILES string of the molecule is CN(Cc1ccccc1[N+](=O)[O-])C(=O)CC(C)(C)C(=O)O. The van der Waals surface area contributed by atoms with E-state index in [1.54, 1.807) is 18.2 Å². The fraction of sp³-hybridized carbons (Fsp3) is 0.429. The van der Waals surface area contributed by atoms with Crippen molar-refractivity contribution in [2.24, 2.45) is 5.41 Å². The van der Waals surface area contributed by atoms with Crippen molar-refractivity contribution in [3.63, 3.8) is 0 Å². The molecule has 0 aliphatic rings. The van der Waals surface area contributed by atoms with Crippen LogP contribution in [0.4, 0.5) is 5.69 Å². The van der Waals surface area contributed by atoms with Crippen LogP contribution in [0, 0.1) is 15.5 Å². The lowest BCUT2D eigenvalue weighted by Crippen LogP contribution is -2.34. The number of nitro benzene ring substituents is 1. The molecule has 0 aliphatic carbocycles. The highest BCUT2D eigenvalue weighted by Crippen LogP contribution is 2.23. The number of benzene rings is 1. The summed E-state index contributed by atoms with van der Waals surface area (Å²) in [6, 6.07) is 6.15. The lowest BCUT2D eigenvalue weighted by Gasteiger charge is -2.23. The normalized spacial score (nSPS) is 11.0. The fourth-order valence-electron chi connectivity index (χ4n) is 1.75. The number of nitrogens with zero attached hydrogens (tertiary/aromatic N) is 2. The van der Waals surface area contributed by atoms with E-state index in [1.165, 1.54) is 31.9 Å². The monoisotopic (exact) mass is 294 g/mol. The summed E-state index contributed by atoms with van der Waals surface area (Å²) in [5.74, 6) is -1.43. The molecule has 0 aliphatic heterocycles. The van der Waals surface area contributed by atoms with Gasteiger partial charge in [-0.25, -0.2) is 0 Å². The van der Waals surface area contributed by atoms with Crippen LogP contribution in [0.3, 0.4) is 0 Å². The van der Waals surface area contributed by atoms with Gasteiger partial charge in [0.25, 0.3) is 5.69 Å². The maximum atomic E-state index is 12.0. The molecule has 0 saturated heterocycles. The first-order chi connectivity index (χ1) is 9.65. The van der Waals surface area contributed by atoms with E-state index in [2.05, 4.69) is 0 Å². The van der Waals surface area contributed by atoms with Crippen LogP contribution in [-0.2, 0) is 16.1 Å². The van der Waals surface area contributed by atoms with E-state index in [0.29, 0.717) is 5.56 Å². The molecule has 1 aromatic rings.